The maximum Gasteiger partial charge on any atom is 0.0701 e. The lowest BCUT2D eigenvalue weighted by molar-refractivity contribution is -0.0264. The van der Waals surface area contributed by atoms with Crippen LogP contribution < -0.4 is 5.32 Å². The van der Waals surface area contributed by atoms with E-state index in [4.69, 9.17) is 59.0 Å². The van der Waals surface area contributed by atoms with Crippen LogP contribution in [0, 0.1) is 0 Å². The highest BCUT2D eigenvalue weighted by Crippen LogP contribution is 2.01. The topological polar surface area (TPSA) is 104 Å². The number of halogens is 1. The lowest BCUT2D eigenvalue weighted by Crippen LogP contribution is -2.17. The van der Waals surface area contributed by atoms with Gasteiger partial charge in [0.05, 0.1) is 126 Å². The molecule has 0 saturated carbocycles. The third-order valence-corrected chi connectivity index (χ3v) is 5.28. The van der Waals surface area contributed by atoms with Crippen molar-refractivity contribution in [3.05, 3.63) is 0 Å². The maximum absolute atomic E-state index is 5.65. The number of alkyl halides is 1. The largest absolute Gasteiger partial charge is 0.379 e. The molecule has 0 spiro atoms. The minimum atomic E-state index is 0.526. The van der Waals surface area contributed by atoms with Gasteiger partial charge in [0.2, 0.25) is 0 Å². The molecular formula is C27H56ClNO10. The Kier molecular flexibility index (Phi) is 37.7. The highest BCUT2D eigenvalue weighted by molar-refractivity contribution is 6.17. The summed E-state index contributed by atoms with van der Waals surface area (Å²) in [5, 5.41) is 3.02. The summed E-state index contributed by atoms with van der Waals surface area (Å²) in [6, 6.07) is 0. The summed E-state index contributed by atoms with van der Waals surface area (Å²) in [5.74, 6) is 0.746. The van der Waals surface area contributed by atoms with Gasteiger partial charge in [0.25, 0.3) is 0 Å². The second-order valence-electron chi connectivity index (χ2n) is 8.33. The van der Waals surface area contributed by atoms with E-state index < -0.39 is 0 Å². The molecule has 0 saturated heterocycles. The highest BCUT2D eigenvalue weighted by atomic mass is 35.5. The van der Waals surface area contributed by atoms with E-state index in [1.54, 1.807) is 0 Å². The smallest absolute Gasteiger partial charge is 0.0701 e. The summed E-state index contributed by atoms with van der Waals surface area (Å²) < 4.78 is 54.5. The van der Waals surface area contributed by atoms with Gasteiger partial charge in [-0.25, -0.2) is 0 Å². The maximum atomic E-state index is 5.65. The van der Waals surface area contributed by atoms with Gasteiger partial charge in [-0.15, -0.1) is 11.6 Å². The molecule has 0 heterocycles. The third-order valence-electron chi connectivity index (χ3n) is 5.02. The fourth-order valence-corrected chi connectivity index (χ4v) is 3.10. The quantitative estimate of drug-likeness (QED) is 0.0859. The molecule has 0 aromatic rings. The molecule has 0 atom stereocenters. The summed E-state index contributed by atoms with van der Waals surface area (Å²) in [6.07, 6.45) is 4.51. The molecule has 0 bridgehead atoms. The van der Waals surface area contributed by atoms with Gasteiger partial charge in [-0.1, -0.05) is 12.8 Å². The number of nitrogens with one attached hydrogen (secondary N) is 1. The van der Waals surface area contributed by atoms with Crippen LogP contribution in [0.4, 0.5) is 0 Å². The van der Waals surface area contributed by atoms with Crippen molar-refractivity contribution in [2.75, 3.05) is 152 Å². The number of ether oxygens (including phenoxy) is 10. The number of rotatable bonds is 36. The zero-order valence-electron chi connectivity index (χ0n) is 24.3. The fourth-order valence-electron chi connectivity index (χ4n) is 2.91. The number of unbranched alkanes of at least 4 members (excludes halogenated alkanes) is 3. The van der Waals surface area contributed by atoms with Crippen molar-refractivity contribution >= 4 is 11.6 Å². The monoisotopic (exact) mass is 589 g/mol. The van der Waals surface area contributed by atoms with Crippen LogP contribution in [0.3, 0.4) is 0 Å². The van der Waals surface area contributed by atoms with Crippen molar-refractivity contribution in [1.82, 2.24) is 5.32 Å². The number of likely N-dealkylation sites (N-methyl/N-ethyl adjacent to an activating group) is 1. The van der Waals surface area contributed by atoms with Crippen LogP contribution in [0.25, 0.3) is 0 Å². The molecular weight excluding hydrogens is 534 g/mol. The van der Waals surface area contributed by atoms with E-state index in [0.29, 0.717) is 126 Å². The highest BCUT2D eigenvalue weighted by Gasteiger charge is 1.96. The van der Waals surface area contributed by atoms with Crippen molar-refractivity contribution in [1.29, 1.82) is 0 Å². The van der Waals surface area contributed by atoms with Crippen molar-refractivity contribution in [3.8, 4) is 0 Å². The van der Waals surface area contributed by atoms with E-state index in [0.717, 1.165) is 31.9 Å². The van der Waals surface area contributed by atoms with Crippen LogP contribution in [0.1, 0.15) is 25.7 Å². The molecule has 0 aliphatic rings. The Labute approximate surface area is 241 Å². The molecule has 39 heavy (non-hydrogen) atoms. The lowest BCUT2D eigenvalue weighted by Gasteiger charge is -2.09. The summed E-state index contributed by atoms with van der Waals surface area (Å²) in [5.41, 5.74) is 0. The van der Waals surface area contributed by atoms with E-state index in [2.05, 4.69) is 5.32 Å². The number of hydrogen-bond acceptors (Lipinski definition) is 11. The Morgan fingerprint density at radius 1 is 0.333 bits per heavy atom. The molecule has 0 aliphatic carbocycles. The summed E-state index contributed by atoms with van der Waals surface area (Å²) in [6.45, 7) is 12.3. The molecule has 0 rings (SSSR count). The van der Waals surface area contributed by atoms with Crippen LogP contribution in [0.2, 0.25) is 0 Å². The Balaban J connectivity index is 3.01. The predicted molar refractivity (Wildman–Crippen MR) is 151 cm³/mol. The Hall–Kier alpha value is -0.150. The predicted octanol–water partition coefficient (Wildman–Crippen LogP) is 2.17. The van der Waals surface area contributed by atoms with Gasteiger partial charge in [-0.05, 0) is 19.9 Å². The van der Waals surface area contributed by atoms with E-state index in [1.807, 2.05) is 7.05 Å². The molecule has 0 aromatic carbocycles. The first-order valence-corrected chi connectivity index (χ1v) is 14.9. The van der Waals surface area contributed by atoms with Crippen molar-refractivity contribution in [3.63, 3.8) is 0 Å². The van der Waals surface area contributed by atoms with Crippen LogP contribution in [-0.2, 0) is 47.4 Å². The van der Waals surface area contributed by atoms with Crippen LogP contribution in [0.5, 0.6) is 0 Å². The average Bonchev–Trinajstić information content (AvgIpc) is 2.95. The van der Waals surface area contributed by atoms with Gasteiger partial charge in [-0.2, -0.15) is 0 Å². The zero-order valence-corrected chi connectivity index (χ0v) is 25.1. The van der Waals surface area contributed by atoms with E-state index in [9.17, 15) is 0 Å². The SMILES string of the molecule is CNCCOCCOCCOCCOCCOCCOCCOCCOCCOCCOCCCCCCCl. The van der Waals surface area contributed by atoms with E-state index in [-0.39, 0.29) is 0 Å². The van der Waals surface area contributed by atoms with Crippen LogP contribution in [0.15, 0.2) is 0 Å². The van der Waals surface area contributed by atoms with Gasteiger partial charge in [0.15, 0.2) is 0 Å². The standard InChI is InChI=1S/C27H56ClNO10/c1-29-7-9-31-11-13-33-15-17-35-19-21-37-23-25-39-27-26-38-24-22-36-20-18-34-16-14-32-12-10-30-8-5-3-2-4-6-28/h29H,2-27H2,1H3. The van der Waals surface area contributed by atoms with Gasteiger partial charge in [0.1, 0.15) is 0 Å². The minimum absolute atomic E-state index is 0.526. The van der Waals surface area contributed by atoms with E-state index in [1.165, 1.54) is 12.8 Å². The van der Waals surface area contributed by atoms with Gasteiger partial charge < -0.3 is 52.7 Å². The summed E-state index contributed by atoms with van der Waals surface area (Å²) in [7, 11) is 1.90. The molecule has 0 amide bonds. The first-order chi connectivity index (χ1) is 19.4. The van der Waals surface area contributed by atoms with Gasteiger partial charge in [0, 0.05) is 19.0 Å². The summed E-state index contributed by atoms with van der Waals surface area (Å²) >= 11 is 5.65. The molecule has 236 valence electrons. The van der Waals surface area contributed by atoms with E-state index >= 15 is 0 Å². The second kappa shape index (κ2) is 37.9. The Bertz CT molecular complexity index is 394. The van der Waals surface area contributed by atoms with Crippen LogP contribution >= 0.6 is 11.6 Å². The molecule has 0 unspecified atom stereocenters. The van der Waals surface area contributed by atoms with Crippen molar-refractivity contribution in [2.24, 2.45) is 0 Å². The Morgan fingerprint density at radius 2 is 0.590 bits per heavy atom. The summed E-state index contributed by atoms with van der Waals surface area (Å²) in [4.78, 5) is 0. The molecule has 0 radical (unpaired) electrons. The second-order valence-corrected chi connectivity index (χ2v) is 8.71. The molecule has 1 N–H and O–H groups in total. The molecule has 0 fully saturated rings. The van der Waals surface area contributed by atoms with Gasteiger partial charge >= 0.3 is 0 Å². The Morgan fingerprint density at radius 3 is 0.872 bits per heavy atom. The minimum Gasteiger partial charge on any atom is -0.379 e. The van der Waals surface area contributed by atoms with Crippen molar-refractivity contribution < 1.29 is 47.4 Å². The number of hydrogen-bond donors (Lipinski definition) is 1. The lowest BCUT2D eigenvalue weighted by atomic mass is 10.2. The molecule has 12 heteroatoms. The first-order valence-electron chi connectivity index (χ1n) is 14.4. The van der Waals surface area contributed by atoms with Crippen molar-refractivity contribution in [2.45, 2.75) is 25.7 Å². The first kappa shape index (κ1) is 38.9. The fraction of sp³-hybridized carbons (Fsp3) is 1.00. The normalized spacial score (nSPS) is 11.5. The van der Waals surface area contributed by atoms with Gasteiger partial charge in [-0.3, -0.25) is 0 Å². The third kappa shape index (κ3) is 37.9. The zero-order chi connectivity index (χ0) is 28.2. The molecule has 11 nitrogen and oxygen atoms in total. The molecule has 0 aliphatic heterocycles. The average molecular weight is 590 g/mol. The van der Waals surface area contributed by atoms with Crippen LogP contribution in [-0.4, -0.2) is 152 Å². The molecule has 0 aromatic heterocycles.